The summed E-state index contributed by atoms with van der Waals surface area (Å²) in [6.45, 7) is -0.738. The summed E-state index contributed by atoms with van der Waals surface area (Å²) in [6.07, 6.45) is -9.18. The highest BCUT2D eigenvalue weighted by atomic mass is 32.2. The van der Waals surface area contributed by atoms with Crippen LogP contribution in [0.1, 0.15) is 19.8 Å². The van der Waals surface area contributed by atoms with Crippen LogP contribution in [0.5, 0.6) is 0 Å². The fraction of sp³-hybridized carbons (Fsp3) is 1.00. The van der Waals surface area contributed by atoms with Crippen LogP contribution < -0.4 is 4.72 Å². The van der Waals surface area contributed by atoms with Gasteiger partial charge in [-0.25, -0.2) is 8.42 Å². The molecular weight excluding hydrogens is 678 g/mol. The predicted molar refractivity (Wildman–Crippen MR) is 85.4 cm³/mol. The quantitative estimate of drug-likeness (QED) is 0.121. The average Bonchev–Trinajstić information content (AvgIpc) is 2.74. The van der Waals surface area contributed by atoms with E-state index in [9.17, 15) is 105 Å². The van der Waals surface area contributed by atoms with Crippen LogP contribution in [0.15, 0.2) is 0 Å². The van der Waals surface area contributed by atoms with Crippen LogP contribution in [0.2, 0.25) is 0 Å². The van der Waals surface area contributed by atoms with Gasteiger partial charge in [-0.05, 0) is 6.42 Å². The Balaban J connectivity index is 6.94. The molecule has 0 atom stereocenters. The maximum atomic E-state index is 13.8. The van der Waals surface area contributed by atoms with Crippen molar-refractivity contribution < 1.29 is 105 Å². The highest BCUT2D eigenvalue weighted by Crippen LogP contribution is 2.64. The molecule has 4 nitrogen and oxygen atoms in total. The minimum absolute atomic E-state index is 0.306. The number of hydrogen-bond donors (Lipinski definition) is 1. The van der Waals surface area contributed by atoms with Gasteiger partial charge in [-0.2, -0.15) is 92.2 Å². The number of alkyl halides is 21. The molecule has 1 N–H and O–H groups in total. The van der Waals surface area contributed by atoms with Gasteiger partial charge in [0.1, 0.15) is 0 Å². The smallest absolute Gasteiger partial charge is 0.206 e. The molecule has 0 radical (unpaired) electrons. The lowest BCUT2D eigenvalue weighted by atomic mass is 9.91. The van der Waals surface area contributed by atoms with E-state index in [-0.39, 0.29) is 6.42 Å². The summed E-state index contributed by atoms with van der Waals surface area (Å²) in [5.41, 5.74) is 0. The first kappa shape index (κ1) is 39.3. The van der Waals surface area contributed by atoms with Crippen molar-refractivity contribution in [2.75, 3.05) is 6.54 Å². The highest BCUT2D eigenvalue weighted by molar-refractivity contribution is 7.90. The fourth-order valence-corrected chi connectivity index (χ4v) is 3.26. The van der Waals surface area contributed by atoms with E-state index in [4.69, 9.17) is 0 Å². The van der Waals surface area contributed by atoms with Crippen LogP contribution in [-0.4, -0.2) is 79.1 Å². The van der Waals surface area contributed by atoms with E-state index in [1.807, 2.05) is 0 Å². The van der Waals surface area contributed by atoms with Crippen LogP contribution in [0.25, 0.3) is 0 Å². The van der Waals surface area contributed by atoms with Gasteiger partial charge in [-0.3, -0.25) is 0 Å². The van der Waals surface area contributed by atoms with Crippen molar-refractivity contribution in [3.05, 3.63) is 0 Å². The first-order chi connectivity index (χ1) is 17.4. The highest BCUT2D eigenvalue weighted by Gasteiger charge is 2.96. The number of halogens is 22. The van der Waals surface area contributed by atoms with Crippen molar-refractivity contribution in [1.29, 1.82) is 0 Å². The number of hydrogen-bond acceptors (Lipinski definition) is 3. The molecule has 0 aliphatic rings. The summed E-state index contributed by atoms with van der Waals surface area (Å²) < 4.78 is 312. The standard InChI is InChI=1S/C14H10F22N2O2S/c1-2-3-4-38(36)13(32,33)12(30,31)37-41(39,40)14(34,35)10(25,26)8(21,22)6(17,18)5(15,16)7(19,20)9(23,24)11(27,28)29/h37H,2-4H2,1H3. The maximum Gasteiger partial charge on any atom is 0.460 e. The second kappa shape index (κ2) is 10.5. The van der Waals surface area contributed by atoms with E-state index in [0.717, 1.165) is 6.92 Å². The number of nitrogens with zero attached hydrogens (tertiary/aromatic N) is 1. The second-order valence-corrected chi connectivity index (χ2v) is 9.35. The topological polar surface area (TPSA) is 49.4 Å². The number of unbranched alkanes of at least 4 members (excludes halogenated alkanes) is 1. The summed E-state index contributed by atoms with van der Waals surface area (Å²) >= 11 is 0. The summed E-state index contributed by atoms with van der Waals surface area (Å²) in [4.78, 5) is 0. The molecule has 0 aliphatic carbocycles. The Morgan fingerprint density at radius 2 is 0.878 bits per heavy atom. The van der Waals surface area contributed by atoms with Gasteiger partial charge in [-0.15, -0.1) is 9.20 Å². The van der Waals surface area contributed by atoms with Gasteiger partial charge in [0.15, 0.2) is 0 Å². The van der Waals surface area contributed by atoms with Gasteiger partial charge in [-0.1, -0.05) is 18.5 Å². The Bertz CT molecular complexity index is 1040. The van der Waals surface area contributed by atoms with E-state index in [1.54, 1.807) is 0 Å². The van der Waals surface area contributed by atoms with Crippen molar-refractivity contribution in [3.63, 3.8) is 0 Å². The lowest BCUT2D eigenvalue weighted by Crippen LogP contribution is -2.75. The Labute approximate surface area is 211 Å². The van der Waals surface area contributed by atoms with E-state index in [1.165, 1.54) is 0 Å². The molecular formula is C14H10F22N2O2S. The fourth-order valence-electron chi connectivity index (χ4n) is 2.20. The third-order valence-electron chi connectivity index (χ3n) is 4.68. The molecule has 41 heavy (non-hydrogen) atoms. The third kappa shape index (κ3) is 5.57. The molecule has 0 saturated heterocycles. The van der Waals surface area contributed by atoms with Crippen LogP contribution >= 0.6 is 0 Å². The van der Waals surface area contributed by atoms with Gasteiger partial charge < -0.3 is 0 Å². The van der Waals surface area contributed by atoms with Gasteiger partial charge in [0.2, 0.25) is 0 Å². The molecule has 0 aromatic heterocycles. The van der Waals surface area contributed by atoms with Crippen LogP contribution in [-0.2, 0) is 10.0 Å². The average molecular weight is 688 g/mol. The molecule has 248 valence electrons. The van der Waals surface area contributed by atoms with Crippen molar-refractivity contribution in [3.8, 4) is 0 Å². The molecule has 0 fully saturated rings. The molecule has 0 bridgehead atoms. The van der Waals surface area contributed by atoms with Crippen LogP contribution in [0.4, 0.5) is 96.7 Å². The third-order valence-corrected chi connectivity index (χ3v) is 6.14. The number of nitrogens with one attached hydrogen (secondary N) is 1. The zero-order valence-electron chi connectivity index (χ0n) is 18.6. The normalized spacial score (nSPS) is 16.5. The molecule has 0 spiro atoms. The van der Waals surface area contributed by atoms with Gasteiger partial charge >= 0.3 is 59.1 Å². The molecule has 27 heteroatoms. The monoisotopic (exact) mass is 688 g/mol. The lowest BCUT2D eigenvalue weighted by molar-refractivity contribution is -0.458. The minimum Gasteiger partial charge on any atom is -0.206 e. The predicted octanol–water partition coefficient (Wildman–Crippen LogP) is 7.04. The summed E-state index contributed by atoms with van der Waals surface area (Å²) in [7, 11) is -8.82. The van der Waals surface area contributed by atoms with Crippen molar-refractivity contribution in [2.24, 2.45) is 0 Å². The second-order valence-electron chi connectivity index (χ2n) is 7.62. The van der Waals surface area contributed by atoms with Crippen LogP contribution in [0.3, 0.4) is 0 Å². The summed E-state index contributed by atoms with van der Waals surface area (Å²) in [6, 6.07) is -13.8. The number of sulfonamides is 1. The van der Waals surface area contributed by atoms with Gasteiger partial charge in [0.25, 0.3) is 10.0 Å². The Morgan fingerprint density at radius 3 is 1.20 bits per heavy atom. The minimum atomic E-state index is -9.26. The summed E-state index contributed by atoms with van der Waals surface area (Å²) in [5, 5.41) is -10.9. The molecule has 0 saturated carbocycles. The molecule has 0 aromatic rings. The van der Waals surface area contributed by atoms with Gasteiger partial charge in [0, 0.05) is 6.54 Å². The van der Waals surface area contributed by atoms with E-state index in [2.05, 4.69) is 0 Å². The van der Waals surface area contributed by atoms with E-state index >= 15 is 0 Å². The largest absolute Gasteiger partial charge is 0.460 e. The van der Waals surface area contributed by atoms with E-state index in [0.29, 0.717) is 0 Å². The molecule has 0 aliphatic heterocycles. The zero-order valence-corrected chi connectivity index (χ0v) is 19.4. The molecule has 0 heterocycles. The van der Waals surface area contributed by atoms with Crippen molar-refractivity contribution in [2.45, 2.75) is 78.8 Å². The van der Waals surface area contributed by atoms with Gasteiger partial charge in [0.05, 0.1) is 0 Å². The first-order valence-electron chi connectivity index (χ1n) is 9.38. The number of rotatable bonds is 14. The zero-order chi connectivity index (χ0) is 33.9. The Kier molecular flexibility index (Phi) is 10.1. The molecule has 0 amide bonds. The summed E-state index contributed by atoms with van der Waals surface area (Å²) in [5.74, 6) is -54.1. The lowest BCUT2D eigenvalue weighted by Gasteiger charge is -2.42. The van der Waals surface area contributed by atoms with E-state index < -0.39 is 91.9 Å². The van der Waals surface area contributed by atoms with Crippen LogP contribution in [0, 0.1) is 0 Å². The molecule has 0 aromatic carbocycles. The maximum absolute atomic E-state index is 13.8. The Morgan fingerprint density at radius 1 is 0.561 bits per heavy atom. The SMILES string of the molecule is CCCCN(F)C(F)(F)C(F)(F)NS(=O)(=O)C(F)(F)C(F)(F)C(F)(F)C(F)(F)C(F)(F)C(F)(F)C(F)(F)C(F)(F)F. The van der Waals surface area contributed by atoms with Crippen molar-refractivity contribution >= 4 is 10.0 Å². The molecule has 0 unspecified atom stereocenters. The first-order valence-corrected chi connectivity index (χ1v) is 10.9. The Hall–Kier alpha value is -1.67. The molecule has 0 rings (SSSR count). The van der Waals surface area contributed by atoms with Crippen molar-refractivity contribution in [1.82, 2.24) is 9.84 Å².